The number of fused-ring (bicyclic) bond motifs is 1. The van der Waals surface area contributed by atoms with Gasteiger partial charge >= 0.3 is 0 Å². The first-order valence-corrected chi connectivity index (χ1v) is 8.00. The predicted molar refractivity (Wildman–Crippen MR) is 81.4 cm³/mol. The fraction of sp³-hybridized carbons (Fsp3) is 0.333. The van der Waals surface area contributed by atoms with E-state index in [2.05, 4.69) is 14.9 Å². The van der Waals surface area contributed by atoms with Gasteiger partial charge in [0.1, 0.15) is 11.5 Å². The number of thioether (sulfide) groups is 1. The number of rotatable bonds is 3. The lowest BCUT2D eigenvalue weighted by Crippen LogP contribution is -2.31. The van der Waals surface area contributed by atoms with Crippen LogP contribution >= 0.6 is 11.8 Å². The molecule has 21 heavy (non-hydrogen) atoms. The van der Waals surface area contributed by atoms with E-state index in [0.29, 0.717) is 6.54 Å². The lowest BCUT2D eigenvalue weighted by Gasteiger charge is -2.28. The fourth-order valence-electron chi connectivity index (χ4n) is 2.52. The van der Waals surface area contributed by atoms with Crippen LogP contribution in [0.4, 0.5) is 0 Å². The zero-order valence-electron chi connectivity index (χ0n) is 11.8. The fourth-order valence-corrected chi connectivity index (χ4v) is 2.88. The molecule has 2 aromatic rings. The van der Waals surface area contributed by atoms with Crippen LogP contribution in [0.2, 0.25) is 0 Å². The molecule has 2 heterocycles. The molecule has 0 amide bonds. The van der Waals surface area contributed by atoms with Crippen molar-refractivity contribution in [1.29, 1.82) is 0 Å². The summed E-state index contributed by atoms with van der Waals surface area (Å²) < 4.78 is 0. The summed E-state index contributed by atoms with van der Waals surface area (Å²) in [5.74, 6) is 0.216. The first kappa shape index (κ1) is 14.2. The van der Waals surface area contributed by atoms with E-state index in [9.17, 15) is 10.2 Å². The van der Waals surface area contributed by atoms with Gasteiger partial charge in [0.25, 0.3) is 0 Å². The van der Waals surface area contributed by atoms with Crippen LogP contribution in [-0.4, -0.2) is 37.9 Å². The molecule has 0 saturated carbocycles. The molecule has 0 bridgehead atoms. The van der Waals surface area contributed by atoms with E-state index in [1.54, 1.807) is 23.9 Å². The van der Waals surface area contributed by atoms with Crippen LogP contribution < -0.4 is 0 Å². The summed E-state index contributed by atoms with van der Waals surface area (Å²) in [6.45, 7) is 2.33. The van der Waals surface area contributed by atoms with Crippen molar-refractivity contribution in [3.8, 4) is 11.5 Å². The number of aromatic nitrogens is 2. The van der Waals surface area contributed by atoms with Crippen LogP contribution in [0.5, 0.6) is 11.5 Å². The highest BCUT2D eigenvalue weighted by atomic mass is 32.2. The summed E-state index contributed by atoms with van der Waals surface area (Å²) in [6.07, 6.45) is 4.77. The van der Waals surface area contributed by atoms with Gasteiger partial charge in [0, 0.05) is 49.4 Å². The number of aromatic hydroxyl groups is 2. The Morgan fingerprint density at radius 2 is 2.19 bits per heavy atom. The van der Waals surface area contributed by atoms with Gasteiger partial charge in [-0.05, 0) is 12.3 Å². The van der Waals surface area contributed by atoms with Gasteiger partial charge in [-0.1, -0.05) is 17.8 Å². The number of benzene rings is 1. The molecule has 0 fully saturated rings. The second-order valence-electron chi connectivity index (χ2n) is 5.10. The highest BCUT2D eigenvalue weighted by molar-refractivity contribution is 7.98. The minimum absolute atomic E-state index is 0.0817. The molecule has 1 aliphatic rings. The first-order valence-electron chi connectivity index (χ1n) is 6.77. The summed E-state index contributed by atoms with van der Waals surface area (Å²) in [5, 5.41) is 20.0. The van der Waals surface area contributed by atoms with Gasteiger partial charge in [0.15, 0.2) is 5.16 Å². The van der Waals surface area contributed by atoms with Crippen molar-refractivity contribution < 1.29 is 10.2 Å². The van der Waals surface area contributed by atoms with E-state index in [1.165, 1.54) is 6.07 Å². The van der Waals surface area contributed by atoms with Crippen molar-refractivity contribution in [2.75, 3.05) is 12.8 Å². The maximum atomic E-state index is 9.87. The highest BCUT2D eigenvalue weighted by Gasteiger charge is 2.19. The highest BCUT2D eigenvalue weighted by Crippen LogP contribution is 2.26. The van der Waals surface area contributed by atoms with Crippen molar-refractivity contribution in [2.45, 2.75) is 24.7 Å². The van der Waals surface area contributed by atoms with Crippen molar-refractivity contribution in [2.24, 2.45) is 0 Å². The predicted octanol–water partition coefficient (Wildman–Crippen LogP) is 2.17. The summed E-state index contributed by atoms with van der Waals surface area (Å²) in [4.78, 5) is 11.1. The smallest absolute Gasteiger partial charge is 0.187 e. The van der Waals surface area contributed by atoms with Crippen molar-refractivity contribution in [3.05, 3.63) is 41.2 Å². The second kappa shape index (κ2) is 5.91. The van der Waals surface area contributed by atoms with Crippen LogP contribution in [0.1, 0.15) is 16.8 Å². The molecule has 0 radical (unpaired) electrons. The molecule has 110 valence electrons. The van der Waals surface area contributed by atoms with E-state index >= 15 is 0 Å². The lowest BCUT2D eigenvalue weighted by atomic mass is 10.1. The maximum Gasteiger partial charge on any atom is 0.187 e. The minimum Gasteiger partial charge on any atom is -0.508 e. The molecule has 0 saturated heterocycles. The molecule has 1 aromatic heterocycles. The quantitative estimate of drug-likeness (QED) is 0.669. The molecule has 0 aliphatic carbocycles. The second-order valence-corrected chi connectivity index (χ2v) is 5.88. The van der Waals surface area contributed by atoms with Crippen LogP contribution in [0.3, 0.4) is 0 Å². The SMILES string of the molecule is CSc1ncc2c(n1)CCN(Cc1ccc(O)cc1O)C2. The molecule has 0 atom stereocenters. The maximum absolute atomic E-state index is 9.87. The Morgan fingerprint density at radius 1 is 1.33 bits per heavy atom. The molecule has 1 aliphatic heterocycles. The van der Waals surface area contributed by atoms with Gasteiger partial charge < -0.3 is 10.2 Å². The Morgan fingerprint density at radius 3 is 2.95 bits per heavy atom. The number of hydrogen-bond acceptors (Lipinski definition) is 6. The van der Waals surface area contributed by atoms with Gasteiger partial charge in [0.2, 0.25) is 0 Å². The Kier molecular flexibility index (Phi) is 3.98. The minimum atomic E-state index is 0.0817. The number of phenols is 2. The average molecular weight is 303 g/mol. The van der Waals surface area contributed by atoms with E-state index in [4.69, 9.17) is 0 Å². The molecule has 0 spiro atoms. The van der Waals surface area contributed by atoms with Gasteiger partial charge in [-0.3, -0.25) is 4.90 Å². The molecular weight excluding hydrogens is 286 g/mol. The number of phenolic OH excluding ortho intramolecular Hbond substituents is 2. The Labute approximate surface area is 127 Å². The lowest BCUT2D eigenvalue weighted by molar-refractivity contribution is 0.239. The van der Waals surface area contributed by atoms with E-state index in [1.807, 2.05) is 12.5 Å². The van der Waals surface area contributed by atoms with Gasteiger partial charge in [-0.15, -0.1) is 0 Å². The number of nitrogens with zero attached hydrogens (tertiary/aromatic N) is 3. The molecular formula is C15H17N3O2S. The zero-order chi connectivity index (χ0) is 14.8. The third-order valence-electron chi connectivity index (χ3n) is 3.64. The molecule has 2 N–H and O–H groups in total. The van der Waals surface area contributed by atoms with Gasteiger partial charge in [-0.2, -0.15) is 0 Å². The molecule has 1 aromatic carbocycles. The average Bonchev–Trinajstić information content (AvgIpc) is 2.49. The van der Waals surface area contributed by atoms with Crippen LogP contribution in [0.25, 0.3) is 0 Å². The Hall–Kier alpha value is -1.79. The van der Waals surface area contributed by atoms with Crippen LogP contribution in [0.15, 0.2) is 29.6 Å². The summed E-state index contributed by atoms with van der Waals surface area (Å²) in [5.41, 5.74) is 3.09. The van der Waals surface area contributed by atoms with E-state index in [0.717, 1.165) is 41.5 Å². The van der Waals surface area contributed by atoms with Crippen molar-refractivity contribution in [3.63, 3.8) is 0 Å². The Bertz CT molecular complexity index is 663. The topological polar surface area (TPSA) is 69.5 Å². The third kappa shape index (κ3) is 3.11. The van der Waals surface area contributed by atoms with Crippen LogP contribution in [-0.2, 0) is 19.5 Å². The molecule has 5 nitrogen and oxygen atoms in total. The monoisotopic (exact) mass is 303 g/mol. The summed E-state index contributed by atoms with van der Waals surface area (Å²) >= 11 is 1.56. The van der Waals surface area contributed by atoms with E-state index in [-0.39, 0.29) is 11.5 Å². The van der Waals surface area contributed by atoms with Gasteiger partial charge in [0.05, 0.1) is 5.69 Å². The number of hydrogen-bond donors (Lipinski definition) is 2. The van der Waals surface area contributed by atoms with E-state index < -0.39 is 0 Å². The van der Waals surface area contributed by atoms with Crippen LogP contribution in [0, 0.1) is 0 Å². The largest absolute Gasteiger partial charge is 0.508 e. The standard InChI is InChI=1S/C15H17N3O2S/c1-21-15-16-7-11-9-18(5-4-13(11)17-15)8-10-2-3-12(19)6-14(10)20/h2-3,6-7,19-20H,4-5,8-9H2,1H3. The van der Waals surface area contributed by atoms with Crippen molar-refractivity contribution in [1.82, 2.24) is 14.9 Å². The summed E-state index contributed by atoms with van der Waals surface area (Å²) in [7, 11) is 0. The normalized spacial score (nSPS) is 14.9. The first-order chi connectivity index (χ1) is 10.2. The molecule has 6 heteroatoms. The Balaban J connectivity index is 1.74. The molecule has 3 rings (SSSR count). The van der Waals surface area contributed by atoms with Gasteiger partial charge in [-0.25, -0.2) is 9.97 Å². The van der Waals surface area contributed by atoms with Crippen molar-refractivity contribution >= 4 is 11.8 Å². The third-order valence-corrected chi connectivity index (χ3v) is 4.20. The summed E-state index contributed by atoms with van der Waals surface area (Å²) in [6, 6.07) is 4.73. The zero-order valence-corrected chi connectivity index (χ0v) is 12.6. The molecule has 0 unspecified atom stereocenters.